The van der Waals surface area contributed by atoms with Crippen LogP contribution in [0.3, 0.4) is 0 Å². The number of halogens is 2. The molecule has 9 heteroatoms. The number of hydrogen-bond donors (Lipinski definition) is 2. The monoisotopic (exact) mass is 541 g/mol. The van der Waals surface area contributed by atoms with E-state index >= 15 is 0 Å². The number of nitrogens with two attached hydrogens (primary N) is 2. The van der Waals surface area contributed by atoms with Gasteiger partial charge in [-0.15, -0.1) is 0 Å². The van der Waals surface area contributed by atoms with E-state index in [1.165, 1.54) is 0 Å². The second-order valence-corrected chi connectivity index (χ2v) is 3.79. The van der Waals surface area contributed by atoms with Crippen molar-refractivity contribution in [2.45, 2.75) is 0 Å². The first-order chi connectivity index (χ1) is 8.86. The molecule has 0 aliphatic heterocycles. The Bertz CT molecular complexity index is 605. The van der Waals surface area contributed by atoms with Crippen LogP contribution in [-0.2, 0) is 21.1 Å². The zero-order valence-corrected chi connectivity index (χ0v) is 15.9. The predicted molar refractivity (Wildman–Crippen MR) is 82.4 cm³/mol. The maximum Gasteiger partial charge on any atom is 4.00 e. The summed E-state index contributed by atoms with van der Waals surface area (Å²) in [5, 5.41) is 2.28. The van der Waals surface area contributed by atoms with Crippen molar-refractivity contribution in [2.75, 3.05) is 13.1 Å². The molecule has 0 atom stereocenters. The van der Waals surface area contributed by atoms with Crippen LogP contribution in [0.4, 0.5) is 0 Å². The van der Waals surface area contributed by atoms with Crippen LogP contribution >= 0.6 is 0 Å². The Morgan fingerprint density at radius 1 is 0.696 bits per heavy atom. The molecule has 0 saturated carbocycles. The summed E-state index contributed by atoms with van der Waals surface area (Å²) in [5.41, 5.74) is 11.8. The van der Waals surface area contributed by atoms with Gasteiger partial charge in [0.05, 0.1) is 11.0 Å². The van der Waals surface area contributed by atoms with Crippen LogP contribution in [-0.4, -0.2) is 34.0 Å². The van der Waals surface area contributed by atoms with Crippen molar-refractivity contribution in [3.63, 3.8) is 0 Å². The molecule has 1 aromatic carbocycles. The maximum absolute atomic E-state index is 4.90. The number of benzene rings is 1. The van der Waals surface area contributed by atoms with Gasteiger partial charge in [0.25, 0.3) is 0 Å². The minimum atomic E-state index is 0. The quantitative estimate of drug-likeness (QED) is 0.296. The normalized spacial score (nSPS) is 7.91. The summed E-state index contributed by atoms with van der Waals surface area (Å²) in [6, 6.07) is 12.1. The third kappa shape index (κ3) is 7.99. The Balaban J connectivity index is -0.000000184. The molecular weight excluding hydrogens is 522 g/mol. The van der Waals surface area contributed by atoms with Crippen LogP contribution in [0.15, 0.2) is 48.8 Å². The van der Waals surface area contributed by atoms with Gasteiger partial charge in [-0.3, -0.25) is 9.97 Å². The van der Waals surface area contributed by atoms with Crippen LogP contribution in [0.1, 0.15) is 0 Å². The Morgan fingerprint density at radius 2 is 1.04 bits per heavy atom. The van der Waals surface area contributed by atoms with Gasteiger partial charge < -0.3 is 47.2 Å². The van der Waals surface area contributed by atoms with Crippen molar-refractivity contribution in [1.29, 1.82) is 0 Å². The molecule has 0 spiro atoms. The summed E-state index contributed by atoms with van der Waals surface area (Å²) in [5.74, 6) is 0. The number of fused-ring (bicyclic) bond motifs is 3. The van der Waals surface area contributed by atoms with Crippen molar-refractivity contribution in [3.8, 4) is 0 Å². The minimum Gasteiger partial charge on any atom is -1.00 e. The summed E-state index contributed by atoms with van der Waals surface area (Å²) in [4.78, 5) is 8.69. The van der Waals surface area contributed by atoms with Gasteiger partial charge in [-0.1, -0.05) is 24.3 Å². The summed E-state index contributed by atoms with van der Waals surface area (Å²) in [6.45, 7) is 1.19. The van der Waals surface area contributed by atoms with E-state index in [9.17, 15) is 0 Å². The van der Waals surface area contributed by atoms with E-state index in [0.717, 1.165) is 21.8 Å². The SMILES string of the molecule is NCCN.O.O.[Cl-].[Cl-].[Pt+4].c1cnc2c(c1)ccc1cccnc12. The number of nitrogens with zero attached hydrogens (tertiary/aromatic N) is 2. The van der Waals surface area contributed by atoms with Crippen molar-refractivity contribution in [1.82, 2.24) is 9.97 Å². The summed E-state index contributed by atoms with van der Waals surface area (Å²) in [7, 11) is 0. The number of aromatic nitrogens is 2. The third-order valence-corrected chi connectivity index (χ3v) is 2.51. The molecule has 130 valence electrons. The summed E-state index contributed by atoms with van der Waals surface area (Å²) < 4.78 is 0. The fourth-order valence-electron chi connectivity index (χ4n) is 1.68. The number of hydrogen-bond acceptors (Lipinski definition) is 4. The topological polar surface area (TPSA) is 141 Å². The van der Waals surface area contributed by atoms with E-state index in [2.05, 4.69) is 34.2 Å². The molecule has 0 radical (unpaired) electrons. The molecule has 0 aliphatic rings. The second kappa shape index (κ2) is 16.0. The molecule has 3 aromatic rings. The van der Waals surface area contributed by atoms with Gasteiger partial charge in [0.2, 0.25) is 0 Å². The van der Waals surface area contributed by atoms with Crippen LogP contribution in [0.5, 0.6) is 0 Å². The second-order valence-electron chi connectivity index (χ2n) is 3.79. The molecule has 0 bridgehead atoms. The zero-order valence-electron chi connectivity index (χ0n) is 12.2. The first kappa shape index (κ1) is 30.1. The molecule has 2 heterocycles. The summed E-state index contributed by atoms with van der Waals surface area (Å²) >= 11 is 0. The van der Waals surface area contributed by atoms with E-state index in [1.807, 2.05) is 12.1 Å². The Hall–Kier alpha value is -0.852. The minimum absolute atomic E-state index is 0. The van der Waals surface area contributed by atoms with Crippen molar-refractivity contribution in [2.24, 2.45) is 11.5 Å². The van der Waals surface area contributed by atoms with Crippen LogP contribution < -0.4 is 36.3 Å². The standard InChI is InChI=1S/C12H8N2.C2H8N2.2ClH.2H2O.Pt/c1-3-9-5-6-10-4-2-8-14-12(10)11(9)13-7-1;3-1-2-4;;;;;/h1-8H;1-4H2;2*1H;2*1H2;/q;;;;;;+4/p-2. The molecule has 2 aromatic heterocycles. The fraction of sp³-hybridized carbons (Fsp3) is 0.143. The van der Waals surface area contributed by atoms with Gasteiger partial charge in [-0.25, -0.2) is 0 Å². The maximum atomic E-state index is 4.90. The first-order valence-corrected chi connectivity index (χ1v) is 5.85. The Kier molecular flexibility index (Phi) is 21.0. The Labute approximate surface area is 161 Å². The third-order valence-electron chi connectivity index (χ3n) is 2.51. The molecule has 8 N–H and O–H groups in total. The van der Waals surface area contributed by atoms with E-state index < -0.39 is 0 Å². The van der Waals surface area contributed by atoms with E-state index in [-0.39, 0.29) is 56.8 Å². The molecule has 3 rings (SSSR count). The number of pyridine rings is 2. The van der Waals surface area contributed by atoms with E-state index in [1.54, 1.807) is 12.4 Å². The van der Waals surface area contributed by atoms with Crippen molar-refractivity contribution in [3.05, 3.63) is 48.8 Å². The van der Waals surface area contributed by atoms with Crippen LogP contribution in [0, 0.1) is 0 Å². The fourth-order valence-corrected chi connectivity index (χ4v) is 1.68. The Morgan fingerprint density at radius 3 is 1.35 bits per heavy atom. The van der Waals surface area contributed by atoms with Gasteiger partial charge >= 0.3 is 21.1 Å². The molecular formula is C14H20Cl2N4O2Pt+2. The molecule has 0 aliphatic carbocycles. The molecule has 0 unspecified atom stereocenters. The average Bonchev–Trinajstić information content (AvgIpc) is 2.47. The molecule has 0 amide bonds. The molecule has 6 nitrogen and oxygen atoms in total. The molecule has 23 heavy (non-hydrogen) atoms. The van der Waals surface area contributed by atoms with Gasteiger partial charge in [0.15, 0.2) is 0 Å². The summed E-state index contributed by atoms with van der Waals surface area (Å²) in [6.07, 6.45) is 3.60. The van der Waals surface area contributed by atoms with Crippen LogP contribution in [0.2, 0.25) is 0 Å². The zero-order chi connectivity index (χ0) is 12.8. The van der Waals surface area contributed by atoms with Crippen molar-refractivity contribution >= 4 is 21.8 Å². The average molecular weight is 542 g/mol. The van der Waals surface area contributed by atoms with Crippen LogP contribution in [0.25, 0.3) is 21.8 Å². The van der Waals surface area contributed by atoms with E-state index in [4.69, 9.17) is 11.5 Å². The van der Waals surface area contributed by atoms with Gasteiger partial charge in [0, 0.05) is 36.3 Å². The van der Waals surface area contributed by atoms with Crippen molar-refractivity contribution < 1.29 is 56.8 Å². The van der Waals surface area contributed by atoms with Gasteiger partial charge in [-0.2, -0.15) is 0 Å². The largest absolute Gasteiger partial charge is 4.00 e. The first-order valence-electron chi connectivity index (χ1n) is 5.85. The smallest absolute Gasteiger partial charge is 1.00 e. The molecule has 0 fully saturated rings. The number of rotatable bonds is 1. The van der Waals surface area contributed by atoms with Gasteiger partial charge in [0.1, 0.15) is 0 Å². The van der Waals surface area contributed by atoms with E-state index in [0.29, 0.717) is 13.1 Å². The molecule has 0 saturated heterocycles. The predicted octanol–water partition coefficient (Wildman–Crippen LogP) is -5.96. The van der Waals surface area contributed by atoms with Gasteiger partial charge in [-0.05, 0) is 12.1 Å².